The third kappa shape index (κ3) is 5.15. The number of aromatic nitrogens is 1. The maximum atomic E-state index is 13.1. The molecule has 0 bridgehead atoms. The van der Waals surface area contributed by atoms with E-state index in [0.29, 0.717) is 20.6 Å². The first-order valence-corrected chi connectivity index (χ1v) is 11.4. The molecule has 1 aromatic carbocycles. The smallest absolute Gasteiger partial charge is 0.261 e. The highest BCUT2D eigenvalue weighted by Crippen LogP contribution is 2.24. The summed E-state index contributed by atoms with van der Waals surface area (Å²) in [6, 6.07) is 14.5. The van der Waals surface area contributed by atoms with Crippen LogP contribution in [0.2, 0.25) is 4.34 Å². The van der Waals surface area contributed by atoms with Gasteiger partial charge in [-0.2, -0.15) is 0 Å². The maximum absolute atomic E-state index is 13.1. The number of nitrogens with one attached hydrogen (secondary N) is 2. The molecule has 1 saturated heterocycles. The monoisotopic (exact) mass is 484 g/mol. The summed E-state index contributed by atoms with van der Waals surface area (Å²) in [4.78, 5) is 51.5. The fourth-order valence-electron chi connectivity index (χ4n) is 3.73. The average molecular weight is 485 g/mol. The normalized spacial score (nSPS) is 17.6. The van der Waals surface area contributed by atoms with Crippen LogP contribution in [0.4, 0.5) is 5.69 Å². The summed E-state index contributed by atoms with van der Waals surface area (Å²) in [5, 5.41) is 5.72. The van der Waals surface area contributed by atoms with E-state index in [1.54, 1.807) is 59.6 Å². The van der Waals surface area contributed by atoms with Crippen LogP contribution in [0.3, 0.4) is 0 Å². The van der Waals surface area contributed by atoms with Gasteiger partial charge in [0.05, 0.1) is 21.2 Å². The molecule has 4 rings (SSSR count). The second-order valence-corrected chi connectivity index (χ2v) is 9.37. The highest BCUT2D eigenvalue weighted by Gasteiger charge is 2.39. The van der Waals surface area contributed by atoms with Crippen molar-refractivity contribution in [1.82, 2.24) is 14.8 Å². The van der Waals surface area contributed by atoms with Crippen LogP contribution in [-0.4, -0.2) is 46.3 Å². The van der Waals surface area contributed by atoms with Crippen LogP contribution in [0.25, 0.3) is 5.69 Å². The number of rotatable bonds is 5. The van der Waals surface area contributed by atoms with Gasteiger partial charge in [0.15, 0.2) is 0 Å². The van der Waals surface area contributed by atoms with Crippen molar-refractivity contribution in [3.63, 3.8) is 0 Å². The molecule has 3 aromatic rings. The Morgan fingerprint density at radius 2 is 1.79 bits per heavy atom. The largest absolute Gasteiger partial charge is 0.346 e. The Bertz CT molecular complexity index is 1250. The van der Waals surface area contributed by atoms with E-state index in [0.717, 1.165) is 11.3 Å². The number of carbonyl (C=O) groups is 3. The summed E-state index contributed by atoms with van der Waals surface area (Å²) in [7, 11) is 0. The number of likely N-dealkylation sites (tertiary alicyclic amines) is 1. The number of thiophene rings is 1. The summed E-state index contributed by atoms with van der Waals surface area (Å²) >= 11 is 7.06. The Balaban J connectivity index is 1.47. The quantitative estimate of drug-likeness (QED) is 0.581. The fourth-order valence-corrected chi connectivity index (χ4v) is 4.68. The highest BCUT2D eigenvalue weighted by atomic mass is 35.5. The Kier molecular flexibility index (Phi) is 6.62. The van der Waals surface area contributed by atoms with Crippen LogP contribution in [0.5, 0.6) is 0 Å². The molecule has 3 amide bonds. The number of pyridine rings is 1. The summed E-state index contributed by atoms with van der Waals surface area (Å²) in [6.07, 6.45) is 1.67. The summed E-state index contributed by atoms with van der Waals surface area (Å²) in [5.74, 6) is -1.43. The molecule has 2 atom stereocenters. The number of anilines is 1. The van der Waals surface area contributed by atoms with Gasteiger partial charge in [-0.25, -0.2) is 0 Å². The summed E-state index contributed by atoms with van der Waals surface area (Å²) < 4.78 is 1.99. The highest BCUT2D eigenvalue weighted by molar-refractivity contribution is 7.18. The standard InChI is InChI=1S/C23H21ClN4O4S/c1-14(29)27-12-17(18(13-27)26-23(32)19-9-10-20(24)33-19)22(31)25-15-5-7-16(8-6-15)28-11-3-2-4-21(28)30/h2-11,17-18H,12-13H2,1H3,(H,25,31)(H,26,32)/t17-,18-/m1/s1. The molecule has 33 heavy (non-hydrogen) atoms. The molecule has 8 nitrogen and oxygen atoms in total. The minimum Gasteiger partial charge on any atom is -0.346 e. The molecular weight excluding hydrogens is 464 g/mol. The number of amides is 3. The van der Waals surface area contributed by atoms with Gasteiger partial charge in [0.1, 0.15) is 0 Å². The van der Waals surface area contributed by atoms with Crippen LogP contribution < -0.4 is 16.2 Å². The Morgan fingerprint density at radius 1 is 1.03 bits per heavy atom. The molecule has 1 aliphatic heterocycles. The molecule has 2 N–H and O–H groups in total. The van der Waals surface area contributed by atoms with Crippen LogP contribution in [0.1, 0.15) is 16.6 Å². The van der Waals surface area contributed by atoms with E-state index >= 15 is 0 Å². The lowest BCUT2D eigenvalue weighted by Gasteiger charge is -2.19. The third-order valence-electron chi connectivity index (χ3n) is 5.45. The molecule has 0 saturated carbocycles. The number of benzene rings is 1. The number of nitrogens with zero attached hydrogens (tertiary/aromatic N) is 2. The topological polar surface area (TPSA) is 101 Å². The van der Waals surface area contributed by atoms with Crippen LogP contribution in [0.15, 0.2) is 65.6 Å². The van der Waals surface area contributed by atoms with E-state index in [1.807, 2.05) is 0 Å². The SMILES string of the molecule is CC(=O)N1C[C@@H](NC(=O)c2ccc(Cl)s2)[C@H](C(=O)Nc2ccc(-n3ccccc3=O)cc2)C1. The third-order valence-corrected chi connectivity index (χ3v) is 6.68. The van der Waals surface area contributed by atoms with Gasteiger partial charge in [-0.05, 0) is 42.5 Å². The van der Waals surface area contributed by atoms with Gasteiger partial charge in [-0.1, -0.05) is 17.7 Å². The Labute approximate surface area is 198 Å². The summed E-state index contributed by atoms with van der Waals surface area (Å²) in [6.45, 7) is 1.88. The average Bonchev–Trinajstić information content (AvgIpc) is 3.41. The van der Waals surface area contributed by atoms with Crippen LogP contribution in [-0.2, 0) is 9.59 Å². The van der Waals surface area contributed by atoms with Crippen LogP contribution in [0, 0.1) is 5.92 Å². The molecule has 10 heteroatoms. The van der Waals surface area contributed by atoms with E-state index in [-0.39, 0.29) is 36.4 Å². The molecule has 170 valence electrons. The van der Waals surface area contributed by atoms with Gasteiger partial charge in [0, 0.05) is 43.7 Å². The van der Waals surface area contributed by atoms with E-state index < -0.39 is 12.0 Å². The second-order valence-electron chi connectivity index (χ2n) is 7.66. The lowest BCUT2D eigenvalue weighted by molar-refractivity contribution is -0.128. The number of carbonyl (C=O) groups excluding carboxylic acids is 3. The second kappa shape index (κ2) is 9.60. The maximum Gasteiger partial charge on any atom is 0.261 e. The van der Waals surface area contributed by atoms with Gasteiger partial charge in [0.2, 0.25) is 11.8 Å². The van der Waals surface area contributed by atoms with Crippen molar-refractivity contribution in [2.45, 2.75) is 13.0 Å². The van der Waals surface area contributed by atoms with Crippen molar-refractivity contribution < 1.29 is 14.4 Å². The predicted octanol–water partition coefficient (Wildman–Crippen LogP) is 2.77. The van der Waals surface area contributed by atoms with E-state index in [4.69, 9.17) is 11.6 Å². The fraction of sp³-hybridized carbons (Fsp3) is 0.217. The molecular formula is C23H21ClN4O4S. The van der Waals surface area contributed by atoms with Crippen LogP contribution >= 0.6 is 22.9 Å². The first-order chi connectivity index (χ1) is 15.8. The first kappa shape index (κ1) is 22.8. The Morgan fingerprint density at radius 3 is 2.42 bits per heavy atom. The van der Waals surface area contributed by atoms with Crippen molar-refractivity contribution in [3.8, 4) is 5.69 Å². The van der Waals surface area contributed by atoms with Gasteiger partial charge >= 0.3 is 0 Å². The number of hydrogen-bond acceptors (Lipinski definition) is 5. The molecule has 0 radical (unpaired) electrons. The molecule has 0 unspecified atom stereocenters. The molecule has 1 fully saturated rings. The zero-order valence-corrected chi connectivity index (χ0v) is 19.2. The summed E-state index contributed by atoms with van der Waals surface area (Å²) in [5.41, 5.74) is 1.06. The van der Waals surface area contributed by atoms with Gasteiger partial charge in [-0.15, -0.1) is 11.3 Å². The van der Waals surface area contributed by atoms with E-state index in [9.17, 15) is 19.2 Å². The lowest BCUT2D eigenvalue weighted by Crippen LogP contribution is -2.44. The predicted molar refractivity (Wildman–Crippen MR) is 127 cm³/mol. The number of halogens is 1. The molecule has 0 spiro atoms. The Hall–Kier alpha value is -3.43. The first-order valence-electron chi connectivity index (χ1n) is 10.2. The van der Waals surface area contributed by atoms with Gasteiger partial charge < -0.3 is 15.5 Å². The van der Waals surface area contributed by atoms with E-state index in [2.05, 4.69) is 10.6 Å². The van der Waals surface area contributed by atoms with Crippen molar-refractivity contribution >= 4 is 46.3 Å². The number of hydrogen-bond donors (Lipinski definition) is 2. The molecule has 3 heterocycles. The minimum atomic E-state index is -0.621. The van der Waals surface area contributed by atoms with Crippen molar-refractivity contribution in [1.29, 1.82) is 0 Å². The molecule has 0 aliphatic carbocycles. The van der Waals surface area contributed by atoms with E-state index in [1.165, 1.54) is 17.6 Å². The van der Waals surface area contributed by atoms with Gasteiger partial charge in [-0.3, -0.25) is 23.7 Å². The van der Waals surface area contributed by atoms with Crippen molar-refractivity contribution in [2.75, 3.05) is 18.4 Å². The lowest BCUT2D eigenvalue weighted by atomic mass is 10.0. The van der Waals surface area contributed by atoms with Gasteiger partial charge in [0.25, 0.3) is 11.5 Å². The zero-order valence-electron chi connectivity index (χ0n) is 17.7. The van der Waals surface area contributed by atoms with Crippen molar-refractivity contribution in [3.05, 3.63) is 80.4 Å². The van der Waals surface area contributed by atoms with Crippen molar-refractivity contribution in [2.24, 2.45) is 5.92 Å². The minimum absolute atomic E-state index is 0.157. The molecule has 1 aliphatic rings. The molecule has 2 aromatic heterocycles. The zero-order chi connectivity index (χ0) is 23.5.